The number of ether oxygens (including phenoxy) is 1. The number of morpholine rings is 1. The van der Waals surface area contributed by atoms with Crippen LogP contribution in [0.1, 0.15) is 61.5 Å². The van der Waals surface area contributed by atoms with Gasteiger partial charge < -0.3 is 14.5 Å². The average Bonchev–Trinajstić information content (AvgIpc) is 3.20. The minimum absolute atomic E-state index is 0.0134. The third-order valence-electron chi connectivity index (χ3n) is 5.97. The van der Waals surface area contributed by atoms with Crippen LogP contribution in [-0.2, 0) is 9.53 Å². The predicted molar refractivity (Wildman–Crippen MR) is 95.8 cm³/mol. The number of hydrogen-bond acceptors (Lipinski definition) is 4. The number of amides is 2. The van der Waals surface area contributed by atoms with Crippen molar-refractivity contribution in [3.05, 3.63) is 17.5 Å². The van der Waals surface area contributed by atoms with Gasteiger partial charge in [-0.05, 0) is 33.1 Å². The standard InChI is InChI=1S/C19H28N4O3/c1-12-9-23(10-13(2)26-12)19(25)16-8-20-21-17(16)15-6-7-22(11-15)18(24)14-4-3-5-14/h8,12-15H,3-7,9-11H2,1-2H3,(H,20,21)/t12-,13+,15-/m0/s1. The lowest BCUT2D eigenvalue weighted by Gasteiger charge is -2.35. The van der Waals surface area contributed by atoms with Gasteiger partial charge in [0.15, 0.2) is 0 Å². The van der Waals surface area contributed by atoms with Crippen molar-refractivity contribution in [2.75, 3.05) is 26.2 Å². The molecule has 1 N–H and O–H groups in total. The second-order valence-electron chi connectivity index (χ2n) is 8.06. The molecule has 142 valence electrons. The van der Waals surface area contributed by atoms with Crippen molar-refractivity contribution in [2.24, 2.45) is 5.92 Å². The predicted octanol–water partition coefficient (Wildman–Crippen LogP) is 1.78. The summed E-state index contributed by atoms with van der Waals surface area (Å²) in [6.07, 6.45) is 5.83. The Morgan fingerprint density at radius 3 is 2.50 bits per heavy atom. The maximum atomic E-state index is 13.0. The normalized spacial score (nSPS) is 29.7. The van der Waals surface area contributed by atoms with E-state index in [1.807, 2.05) is 23.6 Å². The first kappa shape index (κ1) is 17.5. The van der Waals surface area contributed by atoms with Crippen LogP contribution in [0, 0.1) is 5.92 Å². The molecule has 4 rings (SSSR count). The summed E-state index contributed by atoms with van der Waals surface area (Å²) in [7, 11) is 0. The number of H-pyrrole nitrogens is 1. The van der Waals surface area contributed by atoms with E-state index < -0.39 is 0 Å². The molecule has 1 saturated carbocycles. The number of hydrogen-bond donors (Lipinski definition) is 1. The molecule has 2 amide bonds. The van der Waals surface area contributed by atoms with Gasteiger partial charge in [-0.25, -0.2) is 0 Å². The zero-order chi connectivity index (χ0) is 18.3. The van der Waals surface area contributed by atoms with Crippen LogP contribution in [0.15, 0.2) is 6.20 Å². The van der Waals surface area contributed by atoms with Gasteiger partial charge in [0.05, 0.1) is 29.7 Å². The summed E-state index contributed by atoms with van der Waals surface area (Å²) in [6.45, 7) is 6.65. The molecule has 0 aromatic carbocycles. The van der Waals surface area contributed by atoms with E-state index in [9.17, 15) is 9.59 Å². The monoisotopic (exact) mass is 360 g/mol. The largest absolute Gasteiger partial charge is 0.372 e. The maximum absolute atomic E-state index is 13.0. The van der Waals surface area contributed by atoms with Gasteiger partial charge in [-0.15, -0.1) is 0 Å². The summed E-state index contributed by atoms with van der Waals surface area (Å²) in [6, 6.07) is 0. The van der Waals surface area contributed by atoms with Gasteiger partial charge in [0.1, 0.15) is 0 Å². The Hall–Kier alpha value is -1.89. The molecular formula is C19H28N4O3. The number of aromatic nitrogens is 2. The van der Waals surface area contributed by atoms with Crippen LogP contribution in [0.4, 0.5) is 0 Å². The molecule has 2 aliphatic heterocycles. The number of nitrogens with one attached hydrogen (secondary N) is 1. The van der Waals surface area contributed by atoms with Crippen molar-refractivity contribution < 1.29 is 14.3 Å². The summed E-state index contributed by atoms with van der Waals surface area (Å²) in [5.41, 5.74) is 1.53. The highest BCUT2D eigenvalue weighted by Gasteiger charge is 2.37. The molecule has 1 aromatic heterocycles. The summed E-state index contributed by atoms with van der Waals surface area (Å²) < 4.78 is 5.73. The Labute approximate surface area is 154 Å². The first-order valence-electron chi connectivity index (χ1n) is 9.79. The summed E-state index contributed by atoms with van der Waals surface area (Å²) in [5.74, 6) is 0.700. The number of nitrogens with zero attached hydrogens (tertiary/aromatic N) is 3. The van der Waals surface area contributed by atoms with Crippen LogP contribution >= 0.6 is 0 Å². The Balaban J connectivity index is 1.45. The van der Waals surface area contributed by atoms with E-state index in [-0.39, 0.29) is 30.0 Å². The third kappa shape index (κ3) is 3.24. The molecule has 3 fully saturated rings. The van der Waals surface area contributed by atoms with Gasteiger partial charge in [0, 0.05) is 38.0 Å². The minimum Gasteiger partial charge on any atom is -0.372 e. The van der Waals surface area contributed by atoms with Crippen LogP contribution in [-0.4, -0.2) is 70.2 Å². The Morgan fingerprint density at radius 1 is 1.12 bits per heavy atom. The zero-order valence-corrected chi connectivity index (χ0v) is 15.6. The molecular weight excluding hydrogens is 332 g/mol. The van der Waals surface area contributed by atoms with E-state index in [1.165, 1.54) is 6.42 Å². The van der Waals surface area contributed by atoms with E-state index in [1.54, 1.807) is 6.20 Å². The molecule has 1 aliphatic carbocycles. The summed E-state index contributed by atoms with van der Waals surface area (Å²) >= 11 is 0. The second kappa shape index (κ2) is 7.02. The molecule has 2 saturated heterocycles. The van der Waals surface area contributed by atoms with Crippen molar-refractivity contribution in [1.82, 2.24) is 20.0 Å². The average molecular weight is 360 g/mol. The number of carbonyl (C=O) groups is 2. The van der Waals surface area contributed by atoms with Crippen LogP contribution in [0.2, 0.25) is 0 Å². The minimum atomic E-state index is 0.0134. The molecule has 26 heavy (non-hydrogen) atoms. The molecule has 0 bridgehead atoms. The number of carbonyl (C=O) groups excluding carboxylic acids is 2. The van der Waals surface area contributed by atoms with Gasteiger partial charge in [-0.1, -0.05) is 6.42 Å². The molecule has 0 spiro atoms. The fourth-order valence-electron chi connectivity index (χ4n) is 4.40. The van der Waals surface area contributed by atoms with Gasteiger partial charge in [-0.2, -0.15) is 5.10 Å². The molecule has 3 heterocycles. The van der Waals surface area contributed by atoms with Crippen molar-refractivity contribution in [1.29, 1.82) is 0 Å². The number of rotatable bonds is 3. The quantitative estimate of drug-likeness (QED) is 0.891. The van der Waals surface area contributed by atoms with Crippen molar-refractivity contribution in [3.8, 4) is 0 Å². The molecule has 3 aliphatic rings. The highest BCUT2D eigenvalue weighted by Crippen LogP contribution is 2.34. The first-order valence-corrected chi connectivity index (χ1v) is 9.79. The summed E-state index contributed by atoms with van der Waals surface area (Å²) in [5, 5.41) is 7.19. The van der Waals surface area contributed by atoms with Crippen LogP contribution in [0.3, 0.4) is 0 Å². The van der Waals surface area contributed by atoms with Gasteiger partial charge in [0.25, 0.3) is 5.91 Å². The lowest BCUT2D eigenvalue weighted by molar-refractivity contribution is -0.137. The van der Waals surface area contributed by atoms with Crippen LogP contribution in [0.5, 0.6) is 0 Å². The lowest BCUT2D eigenvalue weighted by Crippen LogP contribution is -2.48. The highest BCUT2D eigenvalue weighted by molar-refractivity contribution is 5.95. The molecule has 3 atom stereocenters. The SMILES string of the molecule is C[C@@H]1CN(C(=O)c2cn[nH]c2[C@H]2CCN(C(=O)C3CCC3)C2)C[C@H](C)O1. The van der Waals surface area contributed by atoms with Crippen molar-refractivity contribution in [3.63, 3.8) is 0 Å². The van der Waals surface area contributed by atoms with Crippen molar-refractivity contribution in [2.45, 2.75) is 57.7 Å². The van der Waals surface area contributed by atoms with Crippen molar-refractivity contribution >= 4 is 11.8 Å². The highest BCUT2D eigenvalue weighted by atomic mass is 16.5. The fraction of sp³-hybridized carbons (Fsp3) is 0.737. The number of aromatic amines is 1. The zero-order valence-electron chi connectivity index (χ0n) is 15.6. The van der Waals surface area contributed by atoms with Gasteiger partial charge >= 0.3 is 0 Å². The van der Waals surface area contributed by atoms with E-state index in [4.69, 9.17) is 4.74 Å². The number of likely N-dealkylation sites (tertiary alicyclic amines) is 1. The summed E-state index contributed by atoms with van der Waals surface area (Å²) in [4.78, 5) is 29.4. The fourth-order valence-corrected chi connectivity index (χ4v) is 4.40. The maximum Gasteiger partial charge on any atom is 0.257 e. The molecule has 0 unspecified atom stereocenters. The van der Waals surface area contributed by atoms with E-state index in [0.29, 0.717) is 31.1 Å². The van der Waals surface area contributed by atoms with Crippen LogP contribution < -0.4 is 0 Å². The Morgan fingerprint density at radius 2 is 1.85 bits per heavy atom. The lowest BCUT2D eigenvalue weighted by atomic mass is 9.84. The molecule has 7 heteroatoms. The topological polar surface area (TPSA) is 78.5 Å². The van der Waals surface area contributed by atoms with Gasteiger partial charge in [-0.3, -0.25) is 14.7 Å². The molecule has 1 aromatic rings. The Kier molecular flexibility index (Phi) is 4.73. The smallest absolute Gasteiger partial charge is 0.257 e. The van der Waals surface area contributed by atoms with Crippen LogP contribution in [0.25, 0.3) is 0 Å². The van der Waals surface area contributed by atoms with E-state index in [0.717, 1.165) is 31.5 Å². The van der Waals surface area contributed by atoms with E-state index >= 15 is 0 Å². The first-order chi connectivity index (χ1) is 12.5. The van der Waals surface area contributed by atoms with E-state index in [2.05, 4.69) is 10.2 Å². The second-order valence-corrected chi connectivity index (χ2v) is 8.06. The molecule has 0 radical (unpaired) electrons. The Bertz CT molecular complexity index is 674. The molecule has 7 nitrogen and oxygen atoms in total. The van der Waals surface area contributed by atoms with Gasteiger partial charge in [0.2, 0.25) is 5.91 Å². The third-order valence-corrected chi connectivity index (χ3v) is 5.97.